The topological polar surface area (TPSA) is 200 Å². The van der Waals surface area contributed by atoms with Gasteiger partial charge in [-0.15, -0.1) is 0 Å². The molecule has 1 fully saturated rings. The van der Waals surface area contributed by atoms with Gasteiger partial charge in [-0.05, 0) is 18.9 Å². The van der Waals surface area contributed by atoms with Crippen molar-refractivity contribution in [3.05, 3.63) is 57.1 Å². The highest BCUT2D eigenvalue weighted by molar-refractivity contribution is 6.31. The second-order valence-corrected chi connectivity index (χ2v) is 10.4. The number of carbonyl (C=O) groups excluding carboxylic acids is 2. The van der Waals surface area contributed by atoms with Crippen LogP contribution in [0.5, 0.6) is 11.5 Å². The van der Waals surface area contributed by atoms with Crippen LogP contribution in [0.1, 0.15) is 80.8 Å². The lowest BCUT2D eigenvalue weighted by Gasteiger charge is -2.42. The SMILES string of the molecule is CC1O[C@@H](O[C@H]2C[C@](O)(CCO)Cc3c(O)c4c(c(O)c32)C(=O)c2c(CO)cccc2C4=O)C[C@@H](N)[C@@H]1O. The van der Waals surface area contributed by atoms with Crippen LogP contribution < -0.4 is 5.73 Å². The molecule has 0 aromatic heterocycles. The Kier molecular flexibility index (Phi) is 6.81. The molecule has 11 nitrogen and oxygen atoms in total. The molecule has 8 N–H and O–H groups in total. The van der Waals surface area contributed by atoms with Gasteiger partial charge in [0.05, 0.1) is 41.6 Å². The second-order valence-electron chi connectivity index (χ2n) is 10.4. The van der Waals surface area contributed by atoms with Gasteiger partial charge in [0.25, 0.3) is 0 Å². The molecule has 6 atom stereocenters. The van der Waals surface area contributed by atoms with Crippen molar-refractivity contribution in [1.82, 2.24) is 0 Å². The van der Waals surface area contributed by atoms with E-state index < -0.39 is 77.0 Å². The average molecular weight is 530 g/mol. The summed E-state index contributed by atoms with van der Waals surface area (Å²) in [6.45, 7) is 0.731. The molecule has 11 heteroatoms. The molecule has 2 aliphatic carbocycles. The number of aliphatic hydroxyl groups is 4. The van der Waals surface area contributed by atoms with Crippen LogP contribution in [0.3, 0.4) is 0 Å². The van der Waals surface area contributed by atoms with E-state index in [1.807, 2.05) is 0 Å². The van der Waals surface area contributed by atoms with Crippen LogP contribution in [0.25, 0.3) is 0 Å². The molecule has 3 aliphatic rings. The smallest absolute Gasteiger partial charge is 0.198 e. The minimum Gasteiger partial charge on any atom is -0.507 e. The Morgan fingerprint density at radius 2 is 1.82 bits per heavy atom. The van der Waals surface area contributed by atoms with Crippen molar-refractivity contribution in [2.45, 2.75) is 75.5 Å². The molecular weight excluding hydrogens is 498 g/mol. The highest BCUT2D eigenvalue weighted by atomic mass is 16.7. The first-order chi connectivity index (χ1) is 18.0. The Morgan fingerprint density at radius 3 is 2.47 bits per heavy atom. The normalized spacial score (nSPS) is 30.5. The first-order valence-corrected chi connectivity index (χ1v) is 12.5. The molecular formula is C27H31NO10. The van der Waals surface area contributed by atoms with Gasteiger partial charge >= 0.3 is 0 Å². The van der Waals surface area contributed by atoms with E-state index in [-0.39, 0.29) is 60.1 Å². The molecule has 0 amide bonds. The van der Waals surface area contributed by atoms with Crippen molar-refractivity contribution in [1.29, 1.82) is 0 Å². The third-order valence-electron chi connectivity index (χ3n) is 7.87. The maximum Gasteiger partial charge on any atom is 0.198 e. The van der Waals surface area contributed by atoms with Crippen LogP contribution in [0.4, 0.5) is 0 Å². The predicted octanol–water partition coefficient (Wildman–Crippen LogP) is 0.306. The summed E-state index contributed by atoms with van der Waals surface area (Å²) >= 11 is 0. The van der Waals surface area contributed by atoms with E-state index in [0.717, 1.165) is 0 Å². The summed E-state index contributed by atoms with van der Waals surface area (Å²) < 4.78 is 11.9. The standard InChI is InChI=1S/C27H31NO10/c1-11-22(31)15(28)7-17(37-11)38-16-9-27(36,5-6-29)8-14-19(16)26(35)21-20(24(14)33)23(32)13-4-2-3-12(10-30)18(13)25(21)34/h2-4,11,15-17,22,29-31,33,35-36H,5-10,28H2,1H3/t11?,15-,16+,17+,22-,27+/m1/s1. The largest absolute Gasteiger partial charge is 0.507 e. The quantitative estimate of drug-likeness (QED) is 0.224. The fourth-order valence-electron chi connectivity index (χ4n) is 5.93. The van der Waals surface area contributed by atoms with Crippen molar-refractivity contribution >= 4 is 11.6 Å². The summed E-state index contributed by atoms with van der Waals surface area (Å²) in [6.07, 6.45) is -4.00. The zero-order valence-electron chi connectivity index (χ0n) is 20.8. The van der Waals surface area contributed by atoms with Gasteiger partial charge in [0.1, 0.15) is 11.5 Å². The van der Waals surface area contributed by atoms with E-state index in [0.29, 0.717) is 0 Å². The number of phenolic OH excluding ortho intramolecular Hbond substituents is 2. The van der Waals surface area contributed by atoms with Gasteiger partial charge in [-0.2, -0.15) is 0 Å². The number of fused-ring (bicyclic) bond motifs is 3. The van der Waals surface area contributed by atoms with Crippen LogP contribution in [-0.2, 0) is 22.5 Å². The lowest BCUT2D eigenvalue weighted by atomic mass is 9.72. The van der Waals surface area contributed by atoms with Gasteiger partial charge in [0, 0.05) is 54.2 Å². The van der Waals surface area contributed by atoms with Crippen molar-refractivity contribution in [2.75, 3.05) is 6.61 Å². The van der Waals surface area contributed by atoms with E-state index in [1.54, 1.807) is 6.92 Å². The molecule has 1 aliphatic heterocycles. The number of carbonyl (C=O) groups is 2. The number of aromatic hydroxyl groups is 2. The van der Waals surface area contributed by atoms with Crippen LogP contribution in [0.2, 0.25) is 0 Å². The zero-order valence-corrected chi connectivity index (χ0v) is 20.8. The van der Waals surface area contributed by atoms with E-state index in [2.05, 4.69) is 0 Å². The van der Waals surface area contributed by atoms with Crippen LogP contribution in [-0.4, -0.2) is 79.0 Å². The number of benzene rings is 2. The maximum absolute atomic E-state index is 13.6. The molecule has 2 aromatic carbocycles. The Balaban J connectivity index is 1.66. The summed E-state index contributed by atoms with van der Waals surface area (Å²) in [6, 6.07) is 3.74. The highest BCUT2D eigenvalue weighted by Crippen LogP contribution is 2.52. The van der Waals surface area contributed by atoms with E-state index in [1.165, 1.54) is 18.2 Å². The lowest BCUT2D eigenvalue weighted by Crippen LogP contribution is -2.52. The van der Waals surface area contributed by atoms with Gasteiger partial charge < -0.3 is 45.8 Å². The fourth-order valence-corrected chi connectivity index (χ4v) is 5.93. The summed E-state index contributed by atoms with van der Waals surface area (Å²) in [5.74, 6) is -2.59. The summed E-state index contributed by atoms with van der Waals surface area (Å²) in [7, 11) is 0. The number of phenols is 2. The van der Waals surface area contributed by atoms with E-state index >= 15 is 0 Å². The fraction of sp³-hybridized carbons (Fsp3) is 0.481. The summed E-state index contributed by atoms with van der Waals surface area (Å²) in [5, 5.41) is 63.6. The van der Waals surface area contributed by atoms with Gasteiger partial charge in [0.15, 0.2) is 17.9 Å². The van der Waals surface area contributed by atoms with Gasteiger partial charge in [-0.3, -0.25) is 9.59 Å². The number of hydrogen-bond acceptors (Lipinski definition) is 11. The van der Waals surface area contributed by atoms with E-state index in [4.69, 9.17) is 15.2 Å². The first-order valence-electron chi connectivity index (χ1n) is 12.5. The Hall–Kier alpha value is -2.90. The molecule has 38 heavy (non-hydrogen) atoms. The predicted molar refractivity (Wildman–Crippen MR) is 131 cm³/mol. The van der Waals surface area contributed by atoms with Crippen molar-refractivity contribution in [3.63, 3.8) is 0 Å². The molecule has 2 aromatic rings. The van der Waals surface area contributed by atoms with Crippen molar-refractivity contribution < 1.29 is 49.7 Å². The van der Waals surface area contributed by atoms with Crippen LogP contribution in [0, 0.1) is 0 Å². The number of rotatable bonds is 5. The number of nitrogens with two attached hydrogens (primary N) is 1. The third-order valence-corrected chi connectivity index (χ3v) is 7.87. The minimum atomic E-state index is -1.57. The molecule has 5 rings (SSSR count). The van der Waals surface area contributed by atoms with E-state index in [9.17, 15) is 40.2 Å². The molecule has 0 saturated carbocycles. The molecule has 204 valence electrons. The Labute approximate surface area is 218 Å². The number of ketones is 2. The van der Waals surface area contributed by atoms with Crippen molar-refractivity contribution in [3.8, 4) is 11.5 Å². The zero-order chi connectivity index (χ0) is 27.5. The van der Waals surface area contributed by atoms with Crippen LogP contribution in [0.15, 0.2) is 18.2 Å². The number of aliphatic hydroxyl groups excluding tert-OH is 3. The molecule has 1 heterocycles. The Morgan fingerprint density at radius 1 is 1.11 bits per heavy atom. The number of hydrogen-bond donors (Lipinski definition) is 7. The minimum absolute atomic E-state index is 0.0181. The number of ether oxygens (including phenoxy) is 2. The maximum atomic E-state index is 13.6. The molecule has 1 unspecified atom stereocenters. The lowest BCUT2D eigenvalue weighted by molar-refractivity contribution is -0.248. The molecule has 0 bridgehead atoms. The van der Waals surface area contributed by atoms with Crippen LogP contribution >= 0.6 is 0 Å². The second kappa shape index (κ2) is 9.69. The summed E-state index contributed by atoms with van der Waals surface area (Å²) in [5.41, 5.74) is 3.81. The monoisotopic (exact) mass is 529 g/mol. The average Bonchev–Trinajstić information content (AvgIpc) is 2.87. The van der Waals surface area contributed by atoms with Crippen molar-refractivity contribution in [2.24, 2.45) is 5.73 Å². The summed E-state index contributed by atoms with van der Waals surface area (Å²) in [4.78, 5) is 27.1. The Bertz CT molecular complexity index is 1300. The highest BCUT2D eigenvalue weighted by Gasteiger charge is 2.47. The first kappa shape index (κ1) is 26.7. The molecule has 0 radical (unpaired) electrons. The molecule has 1 saturated heterocycles. The van der Waals surface area contributed by atoms with Gasteiger partial charge in [-0.25, -0.2) is 0 Å². The third kappa shape index (κ3) is 4.11. The molecule has 0 spiro atoms. The van der Waals surface area contributed by atoms with Gasteiger partial charge in [-0.1, -0.05) is 18.2 Å². The van der Waals surface area contributed by atoms with Gasteiger partial charge in [0.2, 0.25) is 0 Å².